The second kappa shape index (κ2) is 8.27. The van der Waals surface area contributed by atoms with Gasteiger partial charge in [-0.05, 0) is 42.2 Å². The molecular weight excluding hydrogens is 400 g/mol. The molecular formula is C27H22N2O3. The quantitative estimate of drug-likeness (QED) is 0.227. The van der Waals surface area contributed by atoms with E-state index in [4.69, 9.17) is 0 Å². The molecule has 5 rings (SSSR count). The zero-order valence-corrected chi connectivity index (χ0v) is 17.5. The lowest BCUT2D eigenvalue weighted by Crippen LogP contribution is -2.18. The summed E-state index contributed by atoms with van der Waals surface area (Å²) in [5, 5.41) is 12.6. The van der Waals surface area contributed by atoms with Crippen LogP contribution in [0.4, 0.5) is 5.69 Å². The Hall–Kier alpha value is -3.99. The van der Waals surface area contributed by atoms with Crippen molar-refractivity contribution < 1.29 is 9.72 Å². The number of hydrogen-bond donors (Lipinski definition) is 1. The first-order chi connectivity index (χ1) is 15.6. The highest BCUT2D eigenvalue weighted by molar-refractivity contribution is 6.04. The number of rotatable bonds is 4. The van der Waals surface area contributed by atoms with Crippen LogP contribution in [0.15, 0.2) is 84.4 Å². The van der Waals surface area contributed by atoms with Gasteiger partial charge in [0.15, 0.2) is 5.78 Å². The van der Waals surface area contributed by atoms with Gasteiger partial charge in [-0.2, -0.15) is 0 Å². The van der Waals surface area contributed by atoms with Gasteiger partial charge in [0, 0.05) is 34.9 Å². The third-order valence-corrected chi connectivity index (χ3v) is 6.20. The number of H-pyrrole nitrogens is 1. The summed E-state index contributed by atoms with van der Waals surface area (Å²) in [6.45, 7) is 0. The first-order valence-corrected chi connectivity index (χ1v) is 10.8. The number of nitrogens with zero attached hydrogens (tertiary/aromatic N) is 1. The van der Waals surface area contributed by atoms with E-state index in [1.807, 2.05) is 36.4 Å². The van der Waals surface area contributed by atoms with Crippen LogP contribution in [0.25, 0.3) is 28.2 Å². The molecule has 1 fully saturated rings. The summed E-state index contributed by atoms with van der Waals surface area (Å²) in [7, 11) is 0. The van der Waals surface area contributed by atoms with Gasteiger partial charge in [-0.15, -0.1) is 0 Å². The summed E-state index contributed by atoms with van der Waals surface area (Å²) in [5.41, 5.74) is 5.29. The lowest BCUT2D eigenvalue weighted by Gasteiger charge is -2.26. The Balaban J connectivity index is 1.73. The maximum Gasteiger partial charge on any atom is 0.276 e. The van der Waals surface area contributed by atoms with Gasteiger partial charge in [-0.1, -0.05) is 60.7 Å². The summed E-state index contributed by atoms with van der Waals surface area (Å²) in [4.78, 5) is 27.8. The molecule has 0 amide bonds. The maximum absolute atomic E-state index is 13.1. The van der Waals surface area contributed by atoms with Crippen LogP contribution in [0.5, 0.6) is 0 Å². The zero-order valence-electron chi connectivity index (χ0n) is 17.5. The summed E-state index contributed by atoms with van der Waals surface area (Å²) in [6.07, 6.45) is 3.82. The molecule has 1 heterocycles. The lowest BCUT2D eigenvalue weighted by atomic mass is 9.76. The van der Waals surface area contributed by atoms with Crippen molar-refractivity contribution in [1.29, 1.82) is 0 Å². The fraction of sp³-hybridized carbons (Fsp3) is 0.148. The minimum Gasteiger partial charge on any atom is -0.354 e. The average Bonchev–Trinajstić information content (AvgIpc) is 3.21. The van der Waals surface area contributed by atoms with E-state index in [9.17, 15) is 14.9 Å². The Morgan fingerprint density at radius 3 is 2.47 bits per heavy atom. The van der Waals surface area contributed by atoms with Crippen LogP contribution < -0.4 is 0 Å². The molecule has 0 radical (unpaired) electrons. The van der Waals surface area contributed by atoms with Crippen LogP contribution in [0.1, 0.15) is 36.3 Å². The predicted octanol–water partition coefficient (Wildman–Crippen LogP) is 6.66. The molecule has 1 saturated carbocycles. The molecule has 4 aromatic rings. The third kappa shape index (κ3) is 3.52. The lowest BCUT2D eigenvalue weighted by molar-refractivity contribution is -0.385. The van der Waals surface area contributed by atoms with Gasteiger partial charge in [0.2, 0.25) is 0 Å². The number of para-hydroxylation sites is 2. The zero-order chi connectivity index (χ0) is 22.1. The Bertz CT molecular complexity index is 1350. The first-order valence-electron chi connectivity index (χ1n) is 10.8. The molecule has 1 aliphatic rings. The SMILES string of the molecule is O=C1CCCC(c2c(-c3ccccc3)[nH]c3ccccc23)/C1=C\c1ccccc1[N+](=O)[O-]. The molecule has 5 nitrogen and oxygen atoms in total. The standard InChI is InChI=1S/C27H22N2O3/c30-25-16-8-13-20(22(25)17-19-11-4-7-15-24(19)29(31)32)26-21-12-5-6-14-23(21)28-27(26)18-9-2-1-3-10-18/h1-7,9-12,14-15,17,20,28H,8,13,16H2/b22-17+. The van der Waals surface area contributed by atoms with Crippen LogP contribution in [-0.2, 0) is 4.79 Å². The van der Waals surface area contributed by atoms with Crippen molar-refractivity contribution in [3.63, 3.8) is 0 Å². The second-order valence-corrected chi connectivity index (χ2v) is 8.11. The predicted molar refractivity (Wildman–Crippen MR) is 126 cm³/mol. The number of aromatic nitrogens is 1. The van der Waals surface area contributed by atoms with Crippen molar-refractivity contribution in [3.8, 4) is 11.3 Å². The molecule has 0 spiro atoms. The number of Topliss-reactive ketones (excluding diaryl/α,β-unsaturated/α-hetero) is 1. The molecule has 1 aliphatic carbocycles. The maximum atomic E-state index is 13.1. The number of allylic oxidation sites excluding steroid dienone is 1. The Morgan fingerprint density at radius 2 is 1.66 bits per heavy atom. The van der Waals surface area contributed by atoms with Gasteiger partial charge in [0.1, 0.15) is 0 Å². The van der Waals surface area contributed by atoms with Crippen LogP contribution in [0.3, 0.4) is 0 Å². The number of carbonyl (C=O) groups excluding carboxylic acids is 1. The third-order valence-electron chi connectivity index (χ3n) is 6.20. The summed E-state index contributed by atoms with van der Waals surface area (Å²) < 4.78 is 0. The minimum atomic E-state index is -0.393. The molecule has 0 saturated heterocycles. The number of ketones is 1. The van der Waals surface area contributed by atoms with E-state index in [0.29, 0.717) is 17.6 Å². The monoisotopic (exact) mass is 422 g/mol. The van der Waals surface area contributed by atoms with E-state index in [-0.39, 0.29) is 17.4 Å². The molecule has 3 aromatic carbocycles. The van der Waals surface area contributed by atoms with E-state index in [1.165, 1.54) is 6.07 Å². The van der Waals surface area contributed by atoms with Crippen molar-refractivity contribution in [2.75, 3.05) is 0 Å². The molecule has 5 heteroatoms. The highest BCUT2D eigenvalue weighted by atomic mass is 16.6. The Morgan fingerprint density at radius 1 is 0.938 bits per heavy atom. The van der Waals surface area contributed by atoms with Crippen LogP contribution in [0, 0.1) is 10.1 Å². The van der Waals surface area contributed by atoms with Crippen LogP contribution in [-0.4, -0.2) is 15.7 Å². The fourth-order valence-electron chi connectivity index (χ4n) is 4.74. The van der Waals surface area contributed by atoms with Gasteiger partial charge in [0.05, 0.1) is 16.2 Å². The number of carbonyl (C=O) groups is 1. The van der Waals surface area contributed by atoms with E-state index in [0.717, 1.165) is 40.6 Å². The average molecular weight is 422 g/mol. The van der Waals surface area contributed by atoms with Gasteiger partial charge in [-0.3, -0.25) is 14.9 Å². The molecule has 158 valence electrons. The normalized spacial score (nSPS) is 17.7. The van der Waals surface area contributed by atoms with Crippen LogP contribution in [0.2, 0.25) is 0 Å². The fourth-order valence-corrected chi connectivity index (χ4v) is 4.74. The summed E-state index contributed by atoms with van der Waals surface area (Å²) in [6, 6.07) is 24.8. The number of fused-ring (bicyclic) bond motifs is 1. The smallest absolute Gasteiger partial charge is 0.276 e. The summed E-state index contributed by atoms with van der Waals surface area (Å²) >= 11 is 0. The second-order valence-electron chi connectivity index (χ2n) is 8.11. The van der Waals surface area contributed by atoms with E-state index in [2.05, 4.69) is 23.2 Å². The first kappa shape index (κ1) is 19.9. The Labute approximate surface area is 185 Å². The van der Waals surface area contributed by atoms with Crippen molar-refractivity contribution in [2.24, 2.45) is 0 Å². The number of nitrogens with one attached hydrogen (secondary N) is 1. The largest absolute Gasteiger partial charge is 0.354 e. The van der Waals surface area contributed by atoms with Crippen molar-refractivity contribution >= 4 is 28.4 Å². The van der Waals surface area contributed by atoms with Gasteiger partial charge >= 0.3 is 0 Å². The molecule has 0 bridgehead atoms. The summed E-state index contributed by atoms with van der Waals surface area (Å²) in [5.74, 6) is -0.0777. The van der Waals surface area contributed by atoms with E-state index in [1.54, 1.807) is 24.3 Å². The minimum absolute atomic E-state index is 0.0133. The van der Waals surface area contributed by atoms with Gasteiger partial charge in [-0.25, -0.2) is 0 Å². The molecule has 1 N–H and O–H groups in total. The van der Waals surface area contributed by atoms with Crippen molar-refractivity contribution in [3.05, 3.63) is 106 Å². The molecule has 1 atom stereocenters. The number of nitro groups is 1. The van der Waals surface area contributed by atoms with Crippen molar-refractivity contribution in [1.82, 2.24) is 4.98 Å². The number of benzene rings is 3. The molecule has 0 aliphatic heterocycles. The van der Waals surface area contributed by atoms with E-state index < -0.39 is 4.92 Å². The van der Waals surface area contributed by atoms with Crippen LogP contribution >= 0.6 is 0 Å². The van der Waals surface area contributed by atoms with E-state index >= 15 is 0 Å². The molecule has 1 aromatic heterocycles. The Kier molecular flexibility index (Phi) is 5.15. The topological polar surface area (TPSA) is 76.0 Å². The number of aromatic amines is 1. The molecule has 32 heavy (non-hydrogen) atoms. The number of hydrogen-bond acceptors (Lipinski definition) is 3. The number of nitro benzene ring substituents is 1. The van der Waals surface area contributed by atoms with Gasteiger partial charge < -0.3 is 4.98 Å². The highest BCUT2D eigenvalue weighted by Crippen LogP contribution is 2.44. The van der Waals surface area contributed by atoms with Gasteiger partial charge in [0.25, 0.3) is 5.69 Å². The molecule has 1 unspecified atom stereocenters. The highest BCUT2D eigenvalue weighted by Gasteiger charge is 2.32. The van der Waals surface area contributed by atoms with Crippen molar-refractivity contribution in [2.45, 2.75) is 25.2 Å².